The first-order valence-electron chi connectivity index (χ1n) is 3.17. The van der Waals surface area contributed by atoms with Crippen molar-refractivity contribution in [2.75, 3.05) is 6.61 Å². The Labute approximate surface area is 60.2 Å². The summed E-state index contributed by atoms with van der Waals surface area (Å²) in [6.45, 7) is 5.56. The van der Waals surface area contributed by atoms with Crippen LogP contribution in [0.4, 0.5) is 0 Å². The van der Waals surface area contributed by atoms with Crippen molar-refractivity contribution in [1.29, 1.82) is 0 Å². The minimum atomic E-state index is -0.400. The summed E-state index contributed by atoms with van der Waals surface area (Å²) in [4.78, 5) is 11.0. The van der Waals surface area contributed by atoms with E-state index in [2.05, 4.69) is 6.58 Å². The summed E-state index contributed by atoms with van der Waals surface area (Å²) in [7, 11) is 0. The van der Waals surface area contributed by atoms with E-state index in [1.54, 1.807) is 6.08 Å². The second-order valence-corrected chi connectivity index (χ2v) is 2.50. The van der Waals surface area contributed by atoms with E-state index in [4.69, 9.17) is 4.74 Å². The van der Waals surface area contributed by atoms with Crippen LogP contribution >= 0.6 is 0 Å². The van der Waals surface area contributed by atoms with E-state index < -0.39 is 5.41 Å². The van der Waals surface area contributed by atoms with E-state index in [1.807, 2.05) is 19.1 Å². The van der Waals surface area contributed by atoms with Gasteiger partial charge in [-0.15, -0.1) is 0 Å². The highest BCUT2D eigenvalue weighted by atomic mass is 16.5. The lowest BCUT2D eigenvalue weighted by atomic mass is 10.1. The quantitative estimate of drug-likeness (QED) is 0.434. The summed E-state index contributed by atoms with van der Waals surface area (Å²) in [5.74, 6) is -0.188. The number of rotatable bonds is 3. The van der Waals surface area contributed by atoms with Crippen molar-refractivity contribution >= 4 is 5.97 Å². The van der Waals surface area contributed by atoms with E-state index in [0.717, 1.165) is 0 Å². The molecule has 0 amide bonds. The van der Waals surface area contributed by atoms with Crippen molar-refractivity contribution in [1.82, 2.24) is 0 Å². The minimum absolute atomic E-state index is 0.188. The van der Waals surface area contributed by atoms with Crippen molar-refractivity contribution in [3.63, 3.8) is 0 Å². The third-order valence-electron chi connectivity index (χ3n) is 1.44. The largest absolute Gasteiger partial charge is 0.461 e. The molecule has 0 fully saturated rings. The molecule has 2 nitrogen and oxygen atoms in total. The van der Waals surface area contributed by atoms with Crippen molar-refractivity contribution in [3.05, 3.63) is 24.8 Å². The Balaban J connectivity index is 2.29. The van der Waals surface area contributed by atoms with Crippen molar-refractivity contribution < 1.29 is 9.53 Å². The topological polar surface area (TPSA) is 26.3 Å². The number of ether oxygens (including phenoxy) is 1. The first-order chi connectivity index (χ1) is 4.69. The maximum absolute atomic E-state index is 11.0. The van der Waals surface area contributed by atoms with Gasteiger partial charge in [0.2, 0.25) is 0 Å². The van der Waals surface area contributed by atoms with E-state index in [0.29, 0.717) is 6.61 Å². The molecule has 1 aliphatic rings. The molecule has 0 heterocycles. The molecule has 1 aliphatic carbocycles. The van der Waals surface area contributed by atoms with Gasteiger partial charge in [-0.05, 0) is 6.92 Å². The van der Waals surface area contributed by atoms with E-state index in [-0.39, 0.29) is 5.97 Å². The third kappa shape index (κ3) is 1.26. The maximum atomic E-state index is 11.0. The lowest BCUT2D eigenvalue weighted by Crippen LogP contribution is -2.16. The van der Waals surface area contributed by atoms with Crippen molar-refractivity contribution in [3.8, 4) is 0 Å². The Hall–Kier alpha value is -1.05. The third-order valence-corrected chi connectivity index (χ3v) is 1.44. The highest BCUT2D eigenvalue weighted by Crippen LogP contribution is 2.34. The van der Waals surface area contributed by atoms with Gasteiger partial charge in [0.15, 0.2) is 0 Å². The molecule has 0 aromatic carbocycles. The summed E-state index contributed by atoms with van der Waals surface area (Å²) < 4.78 is 4.80. The van der Waals surface area contributed by atoms with Crippen LogP contribution in [0.1, 0.15) is 6.92 Å². The fourth-order valence-corrected chi connectivity index (χ4v) is 0.551. The molecule has 0 unspecified atom stereocenters. The minimum Gasteiger partial charge on any atom is -0.461 e. The van der Waals surface area contributed by atoms with Crippen LogP contribution in [0.2, 0.25) is 0 Å². The van der Waals surface area contributed by atoms with Gasteiger partial charge in [0.1, 0.15) is 12.0 Å². The Morgan fingerprint density at radius 1 is 1.80 bits per heavy atom. The summed E-state index contributed by atoms with van der Waals surface area (Å²) in [5, 5.41) is 0. The molecule has 0 aromatic rings. The van der Waals surface area contributed by atoms with Gasteiger partial charge in [-0.25, -0.2) is 0 Å². The van der Waals surface area contributed by atoms with Crippen LogP contribution in [0.5, 0.6) is 0 Å². The first kappa shape index (κ1) is 7.06. The van der Waals surface area contributed by atoms with Gasteiger partial charge in [0.25, 0.3) is 0 Å². The van der Waals surface area contributed by atoms with Crippen LogP contribution in [0, 0.1) is 5.41 Å². The Morgan fingerprint density at radius 3 is 2.80 bits per heavy atom. The summed E-state index contributed by atoms with van der Waals surface area (Å²) >= 11 is 0. The number of hydrogen-bond donors (Lipinski definition) is 0. The molecule has 10 heavy (non-hydrogen) atoms. The first-order valence-corrected chi connectivity index (χ1v) is 3.17. The molecule has 0 atom stereocenters. The zero-order valence-corrected chi connectivity index (χ0v) is 5.96. The summed E-state index contributed by atoms with van der Waals surface area (Å²) in [5.41, 5.74) is -0.400. The molecule has 1 rings (SSSR count). The highest BCUT2D eigenvalue weighted by molar-refractivity contribution is 5.85. The van der Waals surface area contributed by atoms with Gasteiger partial charge in [-0.1, -0.05) is 24.8 Å². The normalized spacial score (nSPS) is 18.1. The predicted molar refractivity (Wildman–Crippen MR) is 38.4 cm³/mol. The van der Waals surface area contributed by atoms with Gasteiger partial charge in [0, 0.05) is 0 Å². The van der Waals surface area contributed by atoms with Gasteiger partial charge in [-0.2, -0.15) is 0 Å². The molecule has 0 saturated carbocycles. The van der Waals surface area contributed by atoms with Crippen LogP contribution in [0.25, 0.3) is 0 Å². The Morgan fingerprint density at radius 2 is 2.40 bits per heavy atom. The molecule has 2 heteroatoms. The average Bonchev–Trinajstić information content (AvgIpc) is 2.64. The molecule has 0 N–H and O–H groups in total. The van der Waals surface area contributed by atoms with Gasteiger partial charge < -0.3 is 4.74 Å². The van der Waals surface area contributed by atoms with Crippen LogP contribution in [-0.4, -0.2) is 12.6 Å². The Kier molecular flexibility index (Phi) is 1.62. The number of carbonyl (C=O) groups is 1. The van der Waals surface area contributed by atoms with E-state index in [9.17, 15) is 4.79 Å². The van der Waals surface area contributed by atoms with Crippen LogP contribution in [0.3, 0.4) is 0 Å². The van der Waals surface area contributed by atoms with Crippen LogP contribution < -0.4 is 0 Å². The van der Waals surface area contributed by atoms with Gasteiger partial charge in [-0.3, -0.25) is 4.79 Å². The second-order valence-electron chi connectivity index (χ2n) is 2.50. The smallest absolute Gasteiger partial charge is 0.319 e. The SMILES string of the molecule is C=CCOC(=O)C1(C)C=C1. The lowest BCUT2D eigenvalue weighted by Gasteiger charge is -2.06. The number of carbonyl (C=O) groups excluding carboxylic acids is 1. The predicted octanol–water partition coefficient (Wildman–Crippen LogP) is 1.29. The molecule has 0 spiro atoms. The summed E-state index contributed by atoms with van der Waals surface area (Å²) in [6.07, 6.45) is 5.19. The zero-order valence-electron chi connectivity index (χ0n) is 5.96. The zero-order chi connectivity index (χ0) is 7.61. The second kappa shape index (κ2) is 2.29. The molecular weight excluding hydrogens is 128 g/mol. The molecule has 54 valence electrons. The van der Waals surface area contributed by atoms with E-state index in [1.165, 1.54) is 0 Å². The van der Waals surface area contributed by atoms with Crippen LogP contribution in [-0.2, 0) is 9.53 Å². The fraction of sp³-hybridized carbons (Fsp3) is 0.375. The lowest BCUT2D eigenvalue weighted by molar-refractivity contribution is -0.146. The van der Waals surface area contributed by atoms with E-state index >= 15 is 0 Å². The fourth-order valence-electron chi connectivity index (χ4n) is 0.551. The molecule has 0 radical (unpaired) electrons. The molecular formula is C8H10O2. The van der Waals surface area contributed by atoms with Crippen molar-refractivity contribution in [2.45, 2.75) is 6.92 Å². The average molecular weight is 138 g/mol. The molecule has 0 bridgehead atoms. The summed E-state index contributed by atoms with van der Waals surface area (Å²) in [6, 6.07) is 0. The standard InChI is InChI=1S/C8H10O2/c1-3-6-10-7(9)8(2)4-5-8/h3-5H,1,6H2,2H3. The van der Waals surface area contributed by atoms with Crippen LogP contribution in [0.15, 0.2) is 24.8 Å². The molecule has 0 aromatic heterocycles. The van der Waals surface area contributed by atoms with Gasteiger partial charge in [0.05, 0.1) is 0 Å². The number of hydrogen-bond acceptors (Lipinski definition) is 2. The molecule has 0 saturated heterocycles. The molecule has 0 aliphatic heterocycles. The maximum Gasteiger partial charge on any atom is 0.319 e. The van der Waals surface area contributed by atoms with Gasteiger partial charge >= 0.3 is 5.97 Å². The highest BCUT2D eigenvalue weighted by Gasteiger charge is 2.38. The Bertz CT molecular complexity index is 185. The number of esters is 1. The van der Waals surface area contributed by atoms with Crippen molar-refractivity contribution in [2.24, 2.45) is 5.41 Å². The monoisotopic (exact) mass is 138 g/mol.